The molecule has 7 nitrogen and oxygen atoms in total. The molecule has 0 saturated carbocycles. The van der Waals surface area contributed by atoms with Gasteiger partial charge in [0.2, 0.25) is 6.41 Å². The molecular weight excluding hydrogens is 480 g/mol. The van der Waals surface area contributed by atoms with E-state index in [1.807, 2.05) is 31.2 Å². The third kappa shape index (κ3) is 5.51. The first-order valence-electron chi connectivity index (χ1n) is 10.9. The van der Waals surface area contributed by atoms with Gasteiger partial charge in [-0.1, -0.05) is 42.0 Å². The summed E-state index contributed by atoms with van der Waals surface area (Å²) in [7, 11) is 0. The largest absolute Gasteiger partial charge is 0.586 e. The highest BCUT2D eigenvalue weighted by Crippen LogP contribution is 2.41. The molecule has 10 heteroatoms. The minimum absolute atomic E-state index is 0.0444. The standard InChI is InChI=1S/C22H15ClF2N2O3.C3H7NO/c23-15-5-3-4-14(11-15)20-16-6-1-2-7-17(16)21(28)27(26-20)12-13-8-9-18-19(10-13)30-22(24,25)29-18;1-2-4-3-5/h3-11H,1-2,12H2;3H,2H2,1H3,(H,4,5). The zero-order valence-electron chi connectivity index (χ0n) is 18.8. The highest BCUT2D eigenvalue weighted by molar-refractivity contribution is 6.30. The molecule has 3 aromatic rings. The molecule has 1 aliphatic heterocycles. The first-order chi connectivity index (χ1) is 16.8. The van der Waals surface area contributed by atoms with Crippen molar-refractivity contribution < 1.29 is 23.0 Å². The van der Waals surface area contributed by atoms with Crippen molar-refractivity contribution in [3.8, 4) is 22.8 Å². The molecule has 0 bridgehead atoms. The smallest absolute Gasteiger partial charge is 0.395 e. The van der Waals surface area contributed by atoms with Gasteiger partial charge >= 0.3 is 6.29 Å². The van der Waals surface area contributed by atoms with Crippen LogP contribution >= 0.6 is 11.6 Å². The van der Waals surface area contributed by atoms with E-state index < -0.39 is 6.29 Å². The summed E-state index contributed by atoms with van der Waals surface area (Å²) < 4.78 is 36.9. The number of ether oxygens (including phenoxy) is 2. The van der Waals surface area contributed by atoms with Crippen LogP contribution in [0, 0.1) is 0 Å². The molecule has 0 fully saturated rings. The summed E-state index contributed by atoms with van der Waals surface area (Å²) in [6, 6.07) is 11.7. The number of nitrogens with zero attached hydrogens (tertiary/aromatic N) is 2. The Hall–Kier alpha value is -3.72. The highest BCUT2D eigenvalue weighted by atomic mass is 35.5. The summed E-state index contributed by atoms with van der Waals surface area (Å²) in [5.41, 5.74) is 1.79. The number of halogens is 3. The van der Waals surface area contributed by atoms with Crippen LogP contribution in [0.2, 0.25) is 5.02 Å². The van der Waals surface area contributed by atoms with Crippen molar-refractivity contribution in [2.45, 2.75) is 32.6 Å². The molecule has 0 saturated heterocycles. The molecule has 1 aliphatic carbocycles. The Morgan fingerprint density at radius 2 is 1.86 bits per heavy atom. The predicted molar refractivity (Wildman–Crippen MR) is 128 cm³/mol. The summed E-state index contributed by atoms with van der Waals surface area (Å²) in [4.78, 5) is 22.3. The van der Waals surface area contributed by atoms with Crippen molar-refractivity contribution in [3.05, 3.63) is 73.8 Å². The number of carbonyl (C=O) groups is 1. The zero-order valence-corrected chi connectivity index (χ0v) is 19.5. The quantitative estimate of drug-likeness (QED) is 0.543. The molecule has 1 N–H and O–H groups in total. The van der Waals surface area contributed by atoms with Crippen LogP contribution in [0.25, 0.3) is 23.4 Å². The molecule has 0 spiro atoms. The molecule has 35 heavy (non-hydrogen) atoms. The van der Waals surface area contributed by atoms with Gasteiger partial charge in [-0.2, -0.15) is 5.10 Å². The van der Waals surface area contributed by atoms with E-state index in [2.05, 4.69) is 19.9 Å². The Morgan fingerprint density at radius 3 is 2.54 bits per heavy atom. The van der Waals surface area contributed by atoms with Crippen molar-refractivity contribution in [3.63, 3.8) is 0 Å². The number of amides is 1. The maximum atomic E-state index is 13.3. The van der Waals surface area contributed by atoms with Gasteiger partial charge in [0.15, 0.2) is 11.5 Å². The van der Waals surface area contributed by atoms with Gasteiger partial charge in [0.1, 0.15) is 0 Å². The molecule has 2 aliphatic rings. The number of fused-ring (bicyclic) bond motifs is 2. The number of carbonyl (C=O) groups excluding carboxylic acids is 1. The molecule has 182 valence electrons. The summed E-state index contributed by atoms with van der Waals surface area (Å²) >= 11 is 6.15. The lowest BCUT2D eigenvalue weighted by Crippen LogP contribution is -2.48. The van der Waals surface area contributed by atoms with Gasteiger partial charge in [-0.25, -0.2) is 4.68 Å². The topological polar surface area (TPSA) is 82.5 Å². The van der Waals surface area contributed by atoms with E-state index in [1.54, 1.807) is 18.2 Å². The Balaban J connectivity index is 0.000000527. The fraction of sp³-hybridized carbons (Fsp3) is 0.240. The number of hydrogen-bond acceptors (Lipinski definition) is 5. The molecule has 1 amide bonds. The Kier molecular flexibility index (Phi) is 7.16. The van der Waals surface area contributed by atoms with Gasteiger partial charge in [-0.05, 0) is 49.6 Å². The number of nitrogens with one attached hydrogen (secondary N) is 1. The van der Waals surface area contributed by atoms with Crippen LogP contribution < -0.4 is 30.8 Å². The van der Waals surface area contributed by atoms with Gasteiger partial charge in [-0.15, -0.1) is 8.78 Å². The maximum Gasteiger partial charge on any atom is 0.586 e. The number of hydrogen-bond donors (Lipinski definition) is 1. The van der Waals surface area contributed by atoms with Crippen LogP contribution in [0.5, 0.6) is 11.5 Å². The summed E-state index contributed by atoms with van der Waals surface area (Å²) in [5, 5.41) is 8.95. The van der Waals surface area contributed by atoms with Crippen LogP contribution in [-0.2, 0) is 11.3 Å². The highest BCUT2D eigenvalue weighted by Gasteiger charge is 2.43. The van der Waals surface area contributed by atoms with Gasteiger partial charge in [0, 0.05) is 27.6 Å². The van der Waals surface area contributed by atoms with Crippen molar-refractivity contribution in [1.82, 2.24) is 15.1 Å². The molecule has 0 atom stereocenters. The van der Waals surface area contributed by atoms with Gasteiger partial charge in [0.25, 0.3) is 5.56 Å². The lowest BCUT2D eigenvalue weighted by molar-refractivity contribution is -0.286. The third-order valence-corrected chi connectivity index (χ3v) is 5.51. The van der Waals surface area contributed by atoms with Crippen molar-refractivity contribution in [2.24, 2.45) is 0 Å². The van der Waals surface area contributed by atoms with E-state index >= 15 is 0 Å². The summed E-state index contributed by atoms with van der Waals surface area (Å²) in [5.74, 6) is -0.115. The second-order valence-corrected chi connectivity index (χ2v) is 8.20. The summed E-state index contributed by atoms with van der Waals surface area (Å²) in [6.07, 6.45) is 2.49. The fourth-order valence-corrected chi connectivity index (χ4v) is 3.96. The molecular formula is C25H22ClF2N3O4. The van der Waals surface area contributed by atoms with Crippen molar-refractivity contribution in [2.75, 3.05) is 6.54 Å². The molecule has 0 unspecified atom stereocenters. The maximum absolute atomic E-state index is 13.3. The Morgan fingerprint density at radius 1 is 1.11 bits per heavy atom. The van der Waals surface area contributed by atoms with E-state index in [1.165, 1.54) is 16.8 Å². The Bertz CT molecular complexity index is 1440. The number of rotatable bonds is 5. The average molecular weight is 502 g/mol. The zero-order chi connectivity index (χ0) is 25.0. The molecule has 0 radical (unpaired) electrons. The number of benzene rings is 2. The molecule has 5 rings (SSSR count). The first-order valence-corrected chi connectivity index (χ1v) is 11.3. The van der Waals surface area contributed by atoms with Crippen LogP contribution in [0.1, 0.15) is 25.3 Å². The minimum Gasteiger partial charge on any atom is -0.395 e. The van der Waals surface area contributed by atoms with E-state index in [0.29, 0.717) is 27.9 Å². The number of alkyl halides is 2. The second kappa shape index (κ2) is 10.3. The van der Waals surface area contributed by atoms with Gasteiger partial charge < -0.3 is 14.8 Å². The predicted octanol–water partition coefficient (Wildman–Crippen LogP) is 3.04. The second-order valence-electron chi connectivity index (χ2n) is 7.76. The average Bonchev–Trinajstić information content (AvgIpc) is 3.15. The molecule has 2 aromatic carbocycles. The number of aromatic nitrogens is 2. The van der Waals surface area contributed by atoms with Crippen molar-refractivity contribution >= 4 is 30.2 Å². The van der Waals surface area contributed by atoms with Crippen LogP contribution in [-0.4, -0.2) is 29.0 Å². The van der Waals surface area contributed by atoms with Crippen LogP contribution in [0.15, 0.2) is 47.3 Å². The SMILES string of the molecule is CCNC=O.O=c1c2c(c(-c3cccc(Cl)c3)nn1Cc1ccc3c(c1)OC(F)(F)O3)=CCCC=2. The minimum atomic E-state index is -3.69. The lowest BCUT2D eigenvalue weighted by Gasteiger charge is -2.12. The Labute approximate surface area is 204 Å². The van der Waals surface area contributed by atoms with E-state index in [9.17, 15) is 18.4 Å². The van der Waals surface area contributed by atoms with Crippen LogP contribution in [0.3, 0.4) is 0 Å². The van der Waals surface area contributed by atoms with Gasteiger partial charge in [-0.3, -0.25) is 9.59 Å². The lowest BCUT2D eigenvalue weighted by atomic mass is 10.0. The van der Waals surface area contributed by atoms with Crippen molar-refractivity contribution in [1.29, 1.82) is 0 Å². The first kappa shape index (κ1) is 24.4. The van der Waals surface area contributed by atoms with Gasteiger partial charge in [0.05, 0.1) is 12.2 Å². The molecule has 2 heterocycles. The van der Waals surface area contributed by atoms with E-state index in [4.69, 9.17) is 11.6 Å². The third-order valence-electron chi connectivity index (χ3n) is 5.28. The van der Waals surface area contributed by atoms with E-state index in [-0.39, 0.29) is 23.6 Å². The van der Waals surface area contributed by atoms with Crippen LogP contribution in [0.4, 0.5) is 8.78 Å². The fourth-order valence-electron chi connectivity index (χ4n) is 3.77. The van der Waals surface area contributed by atoms with E-state index in [0.717, 1.165) is 30.2 Å². The monoisotopic (exact) mass is 501 g/mol. The molecule has 1 aromatic heterocycles. The normalized spacial score (nSPS) is 14.5. The summed E-state index contributed by atoms with van der Waals surface area (Å²) in [6.45, 7) is 2.69.